The first kappa shape index (κ1) is 19.2. The van der Waals surface area contributed by atoms with Crippen molar-refractivity contribution in [3.63, 3.8) is 0 Å². The van der Waals surface area contributed by atoms with Crippen LogP contribution in [0.1, 0.15) is 26.5 Å². The monoisotopic (exact) mass is 398 g/mol. The predicted molar refractivity (Wildman–Crippen MR) is 104 cm³/mol. The Morgan fingerprint density at radius 2 is 2.00 bits per heavy atom. The van der Waals surface area contributed by atoms with Gasteiger partial charge in [0.2, 0.25) is 0 Å². The predicted octanol–water partition coefficient (Wildman–Crippen LogP) is 4.07. The minimum absolute atomic E-state index is 0.0130. The molecule has 0 aliphatic rings. The van der Waals surface area contributed by atoms with Gasteiger partial charge in [-0.3, -0.25) is 4.79 Å². The van der Waals surface area contributed by atoms with E-state index in [1.54, 1.807) is 42.5 Å². The van der Waals surface area contributed by atoms with Crippen molar-refractivity contribution in [1.29, 1.82) is 0 Å². The molecule has 2 aromatic carbocycles. The summed E-state index contributed by atoms with van der Waals surface area (Å²) in [5.74, 6) is -0.0350. The zero-order chi connectivity index (χ0) is 20.1. The van der Waals surface area contributed by atoms with E-state index in [0.717, 1.165) is 0 Å². The molecule has 3 rings (SSSR count). The molecule has 0 atom stereocenters. The highest BCUT2D eigenvalue weighted by molar-refractivity contribution is 6.33. The molecule has 28 heavy (non-hydrogen) atoms. The van der Waals surface area contributed by atoms with E-state index in [9.17, 15) is 9.59 Å². The van der Waals surface area contributed by atoms with Crippen LogP contribution in [-0.2, 0) is 0 Å². The van der Waals surface area contributed by atoms with Gasteiger partial charge in [0.1, 0.15) is 17.3 Å². The Labute approximate surface area is 165 Å². The summed E-state index contributed by atoms with van der Waals surface area (Å²) in [6, 6.07) is 14.5. The number of furan rings is 1. The van der Waals surface area contributed by atoms with Crippen LogP contribution in [0, 0.1) is 0 Å². The molecule has 8 heteroatoms. The van der Waals surface area contributed by atoms with Gasteiger partial charge in [-0.05, 0) is 42.5 Å². The number of carbonyl (C=O) groups is 2. The van der Waals surface area contributed by atoms with Crippen molar-refractivity contribution in [2.24, 2.45) is 5.10 Å². The van der Waals surface area contributed by atoms with Gasteiger partial charge in [-0.15, -0.1) is 0 Å². The number of rotatable bonds is 6. The Kier molecular flexibility index (Phi) is 5.76. The molecule has 1 aromatic heterocycles. The number of nitrogens with one attached hydrogen (secondary N) is 1. The highest BCUT2D eigenvalue weighted by atomic mass is 35.5. The summed E-state index contributed by atoms with van der Waals surface area (Å²) in [5.41, 5.74) is 3.45. The van der Waals surface area contributed by atoms with Crippen LogP contribution < -0.4 is 10.2 Å². The lowest BCUT2D eigenvalue weighted by Crippen LogP contribution is -2.17. The van der Waals surface area contributed by atoms with Crippen molar-refractivity contribution < 1.29 is 23.8 Å². The van der Waals surface area contributed by atoms with Crippen molar-refractivity contribution in [1.82, 2.24) is 5.43 Å². The molecule has 0 saturated carbocycles. The summed E-state index contributed by atoms with van der Waals surface area (Å²) in [6.45, 7) is 0. The summed E-state index contributed by atoms with van der Waals surface area (Å²) < 4.78 is 10.7. The topological polar surface area (TPSA) is 101 Å². The SMILES string of the molecule is COc1cccc(C(=O)N/N=C\c2ccc(-c3ccc(C(=O)O)c(Cl)c3)o2)c1. The third-order valence-electron chi connectivity index (χ3n) is 3.80. The van der Waals surface area contributed by atoms with Crippen LogP contribution in [0.25, 0.3) is 11.3 Å². The highest BCUT2D eigenvalue weighted by Crippen LogP contribution is 2.27. The molecule has 0 spiro atoms. The van der Waals surface area contributed by atoms with E-state index in [1.807, 2.05) is 0 Å². The number of aromatic carboxylic acids is 1. The minimum atomic E-state index is -1.10. The number of hydrogen-bond donors (Lipinski definition) is 2. The maximum Gasteiger partial charge on any atom is 0.337 e. The van der Waals surface area contributed by atoms with Gasteiger partial charge in [0.15, 0.2) is 0 Å². The third kappa shape index (κ3) is 4.39. The van der Waals surface area contributed by atoms with Crippen molar-refractivity contribution in [3.05, 3.63) is 76.5 Å². The van der Waals surface area contributed by atoms with E-state index in [-0.39, 0.29) is 10.6 Å². The summed E-state index contributed by atoms with van der Waals surface area (Å²) in [7, 11) is 1.52. The molecule has 142 valence electrons. The Bertz CT molecular complexity index is 1060. The number of carboxylic acids is 1. The zero-order valence-electron chi connectivity index (χ0n) is 14.7. The van der Waals surface area contributed by atoms with Crippen LogP contribution in [0.3, 0.4) is 0 Å². The zero-order valence-corrected chi connectivity index (χ0v) is 15.4. The number of amides is 1. The lowest BCUT2D eigenvalue weighted by Gasteiger charge is -2.02. The fourth-order valence-electron chi connectivity index (χ4n) is 2.40. The molecule has 0 unspecified atom stereocenters. The number of halogens is 1. The van der Waals surface area contributed by atoms with E-state index < -0.39 is 11.9 Å². The number of carboxylic acid groups (broad SMARTS) is 1. The van der Waals surface area contributed by atoms with Crippen molar-refractivity contribution in [3.8, 4) is 17.1 Å². The molecule has 0 fully saturated rings. The number of carbonyl (C=O) groups excluding carboxylic acids is 1. The summed E-state index contributed by atoms with van der Waals surface area (Å²) >= 11 is 5.97. The van der Waals surface area contributed by atoms with Crippen molar-refractivity contribution in [2.45, 2.75) is 0 Å². The van der Waals surface area contributed by atoms with Crippen LogP contribution in [0.5, 0.6) is 5.75 Å². The number of benzene rings is 2. The van der Waals surface area contributed by atoms with Crippen LogP contribution in [0.15, 0.2) is 64.1 Å². The Hall–Kier alpha value is -3.58. The van der Waals surface area contributed by atoms with Gasteiger partial charge in [-0.1, -0.05) is 23.7 Å². The van der Waals surface area contributed by atoms with E-state index >= 15 is 0 Å². The number of hydrogen-bond acceptors (Lipinski definition) is 5. The maximum absolute atomic E-state index is 12.1. The number of nitrogens with zero attached hydrogens (tertiary/aromatic N) is 1. The molecular formula is C20H15ClN2O5. The molecule has 0 aliphatic carbocycles. The van der Waals surface area contributed by atoms with Crippen LogP contribution in [-0.4, -0.2) is 30.3 Å². The lowest BCUT2D eigenvalue weighted by molar-refractivity contribution is 0.0696. The number of ether oxygens (including phenoxy) is 1. The van der Waals surface area contributed by atoms with E-state index in [1.165, 1.54) is 25.5 Å². The first-order valence-electron chi connectivity index (χ1n) is 8.08. The number of methoxy groups -OCH3 is 1. The smallest absolute Gasteiger partial charge is 0.337 e. The standard InChI is InChI=1S/C20H15ClN2O5/c1-27-14-4-2-3-13(9-14)19(24)23-22-11-15-6-8-18(28-15)12-5-7-16(20(25)26)17(21)10-12/h2-11H,1H3,(H,23,24)(H,25,26)/b22-11-. The molecule has 1 amide bonds. The van der Waals surface area contributed by atoms with Gasteiger partial charge >= 0.3 is 5.97 Å². The molecular weight excluding hydrogens is 384 g/mol. The lowest BCUT2D eigenvalue weighted by atomic mass is 10.1. The van der Waals surface area contributed by atoms with Crippen molar-refractivity contribution in [2.75, 3.05) is 7.11 Å². The van der Waals surface area contributed by atoms with Gasteiger partial charge in [-0.2, -0.15) is 5.10 Å². The molecule has 2 N–H and O–H groups in total. The molecule has 0 saturated heterocycles. The fraction of sp³-hybridized carbons (Fsp3) is 0.0500. The van der Waals surface area contributed by atoms with E-state index in [4.69, 9.17) is 25.9 Å². The van der Waals surface area contributed by atoms with Crippen molar-refractivity contribution >= 4 is 29.7 Å². The van der Waals surface area contributed by atoms with Crippen LogP contribution in [0.4, 0.5) is 0 Å². The minimum Gasteiger partial charge on any atom is -0.497 e. The summed E-state index contributed by atoms with van der Waals surface area (Å²) in [4.78, 5) is 23.1. The van der Waals surface area contributed by atoms with E-state index in [0.29, 0.717) is 28.4 Å². The average Bonchev–Trinajstić information content (AvgIpc) is 3.16. The van der Waals surface area contributed by atoms with Gasteiger partial charge in [0.05, 0.1) is 23.9 Å². The normalized spacial score (nSPS) is 10.8. The molecule has 0 bridgehead atoms. The molecule has 0 radical (unpaired) electrons. The molecule has 7 nitrogen and oxygen atoms in total. The number of hydrazone groups is 1. The molecule has 1 heterocycles. The Balaban J connectivity index is 1.68. The van der Waals surface area contributed by atoms with Gasteiger partial charge in [-0.25, -0.2) is 10.2 Å². The highest BCUT2D eigenvalue weighted by Gasteiger charge is 2.11. The van der Waals surface area contributed by atoms with Gasteiger partial charge in [0.25, 0.3) is 5.91 Å². The Morgan fingerprint density at radius 3 is 2.71 bits per heavy atom. The van der Waals surface area contributed by atoms with E-state index in [2.05, 4.69) is 10.5 Å². The van der Waals surface area contributed by atoms with Gasteiger partial charge in [0, 0.05) is 11.1 Å². The maximum atomic E-state index is 12.1. The quantitative estimate of drug-likeness (QED) is 0.481. The Morgan fingerprint density at radius 1 is 1.18 bits per heavy atom. The van der Waals surface area contributed by atoms with Crippen LogP contribution >= 0.6 is 11.6 Å². The largest absolute Gasteiger partial charge is 0.497 e. The second-order valence-electron chi connectivity index (χ2n) is 5.63. The molecule has 3 aromatic rings. The fourth-order valence-corrected chi connectivity index (χ4v) is 2.66. The second-order valence-corrected chi connectivity index (χ2v) is 6.04. The third-order valence-corrected chi connectivity index (χ3v) is 4.11. The van der Waals surface area contributed by atoms with Gasteiger partial charge < -0.3 is 14.3 Å². The van der Waals surface area contributed by atoms with Crippen LogP contribution in [0.2, 0.25) is 5.02 Å². The second kappa shape index (κ2) is 8.41. The first-order chi connectivity index (χ1) is 13.5. The molecule has 0 aliphatic heterocycles. The first-order valence-corrected chi connectivity index (χ1v) is 8.46. The summed E-state index contributed by atoms with van der Waals surface area (Å²) in [5, 5.41) is 13.0. The average molecular weight is 399 g/mol. The summed E-state index contributed by atoms with van der Waals surface area (Å²) in [6.07, 6.45) is 1.36.